The van der Waals surface area contributed by atoms with Crippen LogP contribution in [0.3, 0.4) is 0 Å². The van der Waals surface area contributed by atoms with Crippen molar-refractivity contribution in [3.8, 4) is 0 Å². The number of anilines is 2. The number of nitrogens with one attached hydrogen (secondary N) is 1. The molecule has 1 rings (SSSR count). The van der Waals surface area contributed by atoms with Gasteiger partial charge in [-0.2, -0.15) is 0 Å². The highest BCUT2D eigenvalue weighted by atomic mass is 32.2. The van der Waals surface area contributed by atoms with Gasteiger partial charge in [-0.15, -0.1) is 0 Å². The highest BCUT2D eigenvalue weighted by Gasteiger charge is 2.16. The molecule has 1 unspecified atom stereocenters. The Labute approximate surface area is 109 Å². The third-order valence-corrected chi connectivity index (χ3v) is 3.75. The molecule has 1 aromatic carbocycles. The van der Waals surface area contributed by atoms with Crippen LogP contribution in [0.1, 0.15) is 33.1 Å². The van der Waals surface area contributed by atoms with Crippen molar-refractivity contribution in [2.45, 2.75) is 44.0 Å². The second-order valence-electron chi connectivity index (χ2n) is 4.34. The van der Waals surface area contributed by atoms with Crippen LogP contribution in [0.4, 0.5) is 11.4 Å². The lowest BCUT2D eigenvalue weighted by Gasteiger charge is -2.19. The lowest BCUT2D eigenvalue weighted by Crippen LogP contribution is -2.21. The quantitative estimate of drug-likeness (QED) is 0.688. The number of benzene rings is 1. The molecule has 0 bridgehead atoms. The van der Waals surface area contributed by atoms with Gasteiger partial charge >= 0.3 is 0 Å². The molecule has 0 aliphatic carbocycles. The summed E-state index contributed by atoms with van der Waals surface area (Å²) in [5, 5.41) is 8.41. The molecule has 1 atom stereocenters. The molecular weight excluding hydrogens is 250 g/mol. The maximum absolute atomic E-state index is 11.5. The van der Waals surface area contributed by atoms with Crippen molar-refractivity contribution in [3.05, 3.63) is 18.2 Å². The average molecular weight is 271 g/mol. The molecule has 1 aromatic rings. The van der Waals surface area contributed by atoms with Gasteiger partial charge in [0.1, 0.15) is 4.90 Å². The zero-order valence-electron chi connectivity index (χ0n) is 10.8. The first-order chi connectivity index (χ1) is 8.38. The number of hydrogen-bond donors (Lipinski definition) is 3. The van der Waals surface area contributed by atoms with E-state index in [4.69, 9.17) is 10.9 Å². The fourth-order valence-electron chi connectivity index (χ4n) is 1.84. The zero-order valence-corrected chi connectivity index (χ0v) is 11.6. The number of rotatable bonds is 6. The SMILES string of the molecule is CCCC(CC)Nc1ccc(N)cc1S(N)(=O)=O. The maximum Gasteiger partial charge on any atom is 0.240 e. The van der Waals surface area contributed by atoms with Crippen molar-refractivity contribution < 1.29 is 8.42 Å². The predicted molar refractivity (Wildman–Crippen MR) is 74.8 cm³/mol. The molecule has 0 spiro atoms. The molecule has 0 saturated carbocycles. The summed E-state index contributed by atoms with van der Waals surface area (Å²) in [5.74, 6) is 0. The smallest absolute Gasteiger partial charge is 0.240 e. The molecule has 0 saturated heterocycles. The van der Waals surface area contributed by atoms with Gasteiger partial charge in [0, 0.05) is 11.7 Å². The van der Waals surface area contributed by atoms with Gasteiger partial charge in [0.05, 0.1) is 5.69 Å². The van der Waals surface area contributed by atoms with Gasteiger partial charge in [-0.1, -0.05) is 20.3 Å². The molecule has 5 nitrogen and oxygen atoms in total. The minimum absolute atomic E-state index is 0.0528. The minimum atomic E-state index is -3.77. The van der Waals surface area contributed by atoms with Crippen LogP contribution >= 0.6 is 0 Å². The lowest BCUT2D eigenvalue weighted by molar-refractivity contribution is 0.596. The van der Waals surface area contributed by atoms with Gasteiger partial charge in [0.2, 0.25) is 10.0 Å². The van der Waals surface area contributed by atoms with Crippen LogP contribution in [0.2, 0.25) is 0 Å². The summed E-state index contributed by atoms with van der Waals surface area (Å²) >= 11 is 0. The third-order valence-electron chi connectivity index (χ3n) is 2.80. The summed E-state index contributed by atoms with van der Waals surface area (Å²) < 4.78 is 23.0. The largest absolute Gasteiger partial charge is 0.399 e. The summed E-state index contributed by atoms with van der Waals surface area (Å²) in [4.78, 5) is 0.0528. The summed E-state index contributed by atoms with van der Waals surface area (Å²) in [5.41, 5.74) is 6.50. The Balaban J connectivity index is 3.09. The van der Waals surface area contributed by atoms with E-state index >= 15 is 0 Å². The molecule has 18 heavy (non-hydrogen) atoms. The highest BCUT2D eigenvalue weighted by Crippen LogP contribution is 2.24. The Morgan fingerprint density at radius 1 is 1.33 bits per heavy atom. The van der Waals surface area contributed by atoms with Crippen molar-refractivity contribution in [2.24, 2.45) is 5.14 Å². The molecular formula is C12H21N3O2S. The molecule has 0 heterocycles. The summed E-state index contributed by atoms with van der Waals surface area (Å²) in [7, 11) is -3.77. The second kappa shape index (κ2) is 6.06. The van der Waals surface area contributed by atoms with E-state index in [1.54, 1.807) is 12.1 Å². The zero-order chi connectivity index (χ0) is 13.8. The van der Waals surface area contributed by atoms with E-state index in [9.17, 15) is 8.42 Å². The summed E-state index contributed by atoms with van der Waals surface area (Å²) in [6.07, 6.45) is 2.93. The van der Waals surface area contributed by atoms with Crippen molar-refractivity contribution in [2.75, 3.05) is 11.1 Å². The Kier molecular flexibility index (Phi) is 4.98. The van der Waals surface area contributed by atoms with E-state index in [0.717, 1.165) is 19.3 Å². The van der Waals surface area contributed by atoms with Gasteiger partial charge in [-0.25, -0.2) is 13.6 Å². The third kappa shape index (κ3) is 3.89. The van der Waals surface area contributed by atoms with E-state index in [1.807, 2.05) is 0 Å². The fourth-order valence-corrected chi connectivity index (χ4v) is 2.57. The molecule has 5 N–H and O–H groups in total. The van der Waals surface area contributed by atoms with Crippen molar-refractivity contribution in [1.29, 1.82) is 0 Å². The monoisotopic (exact) mass is 271 g/mol. The van der Waals surface area contributed by atoms with Crippen molar-refractivity contribution in [1.82, 2.24) is 0 Å². The van der Waals surface area contributed by atoms with Gasteiger partial charge in [0.25, 0.3) is 0 Å². The van der Waals surface area contributed by atoms with Crippen LogP contribution in [0, 0.1) is 0 Å². The summed E-state index contributed by atoms with van der Waals surface area (Å²) in [6, 6.07) is 4.94. The van der Waals surface area contributed by atoms with E-state index in [-0.39, 0.29) is 10.9 Å². The van der Waals surface area contributed by atoms with Crippen LogP contribution in [0.25, 0.3) is 0 Å². The number of hydrogen-bond acceptors (Lipinski definition) is 4. The van der Waals surface area contributed by atoms with Gasteiger partial charge < -0.3 is 11.1 Å². The Hall–Kier alpha value is -1.27. The molecule has 0 aliphatic rings. The van der Waals surface area contributed by atoms with E-state index < -0.39 is 10.0 Å². The number of primary sulfonamides is 1. The lowest BCUT2D eigenvalue weighted by atomic mass is 10.1. The highest BCUT2D eigenvalue weighted by molar-refractivity contribution is 7.89. The minimum Gasteiger partial charge on any atom is -0.399 e. The molecule has 0 aromatic heterocycles. The normalized spacial score (nSPS) is 13.3. The Morgan fingerprint density at radius 3 is 2.50 bits per heavy atom. The molecule has 102 valence electrons. The molecule has 0 amide bonds. The van der Waals surface area contributed by atoms with Gasteiger partial charge in [-0.3, -0.25) is 0 Å². The number of sulfonamides is 1. The van der Waals surface area contributed by atoms with Gasteiger partial charge in [-0.05, 0) is 31.0 Å². The van der Waals surface area contributed by atoms with E-state index in [1.165, 1.54) is 6.07 Å². The van der Waals surface area contributed by atoms with E-state index in [2.05, 4.69) is 19.2 Å². The first kappa shape index (κ1) is 14.8. The fraction of sp³-hybridized carbons (Fsp3) is 0.500. The van der Waals surface area contributed by atoms with Crippen LogP contribution in [0.15, 0.2) is 23.1 Å². The number of nitrogens with two attached hydrogens (primary N) is 2. The van der Waals surface area contributed by atoms with E-state index in [0.29, 0.717) is 11.4 Å². The molecule has 0 aliphatic heterocycles. The average Bonchev–Trinajstić information content (AvgIpc) is 2.29. The molecule has 0 fully saturated rings. The summed E-state index contributed by atoms with van der Waals surface area (Å²) in [6.45, 7) is 4.15. The van der Waals surface area contributed by atoms with Crippen LogP contribution in [-0.4, -0.2) is 14.5 Å². The standard InChI is InChI=1S/C12H21N3O2S/c1-3-5-10(4-2)15-11-7-6-9(13)8-12(11)18(14,16)17/h6-8,10,15H,3-5,13H2,1-2H3,(H2,14,16,17). The van der Waals surface area contributed by atoms with Crippen LogP contribution in [0.5, 0.6) is 0 Å². The van der Waals surface area contributed by atoms with Crippen molar-refractivity contribution in [3.63, 3.8) is 0 Å². The topological polar surface area (TPSA) is 98.2 Å². The number of nitrogen functional groups attached to an aromatic ring is 1. The predicted octanol–water partition coefficient (Wildman–Crippen LogP) is 1.91. The first-order valence-corrected chi connectivity index (χ1v) is 7.62. The van der Waals surface area contributed by atoms with Gasteiger partial charge in [0.15, 0.2) is 0 Å². The Morgan fingerprint density at radius 2 is 2.00 bits per heavy atom. The van der Waals surface area contributed by atoms with Crippen LogP contribution in [-0.2, 0) is 10.0 Å². The molecule has 0 radical (unpaired) electrons. The first-order valence-electron chi connectivity index (χ1n) is 6.07. The maximum atomic E-state index is 11.5. The second-order valence-corrected chi connectivity index (χ2v) is 5.87. The van der Waals surface area contributed by atoms with Crippen molar-refractivity contribution >= 4 is 21.4 Å². The van der Waals surface area contributed by atoms with Crippen LogP contribution < -0.4 is 16.2 Å². The molecule has 6 heteroatoms. The Bertz CT molecular complexity index is 500.